The Bertz CT molecular complexity index is 964. The van der Waals surface area contributed by atoms with Crippen molar-refractivity contribution in [1.29, 1.82) is 0 Å². The number of anilines is 1. The van der Waals surface area contributed by atoms with Crippen LogP contribution in [0.2, 0.25) is 5.02 Å². The van der Waals surface area contributed by atoms with Gasteiger partial charge in [-0.1, -0.05) is 54.1 Å². The maximum atomic E-state index is 12.9. The van der Waals surface area contributed by atoms with Gasteiger partial charge in [0.1, 0.15) is 25.2 Å². The summed E-state index contributed by atoms with van der Waals surface area (Å²) in [5.74, 6) is 0. The number of quaternary nitrogens is 1. The Hall–Kier alpha value is -2.77. The summed E-state index contributed by atoms with van der Waals surface area (Å²) in [6.45, 7) is 7.04. The van der Waals surface area contributed by atoms with Crippen molar-refractivity contribution in [2.45, 2.75) is 45.4 Å². The summed E-state index contributed by atoms with van der Waals surface area (Å²) in [7, 11) is 0. The Labute approximate surface area is 200 Å². The molecule has 33 heavy (non-hydrogen) atoms. The third-order valence-electron chi connectivity index (χ3n) is 5.78. The lowest BCUT2D eigenvalue weighted by molar-refractivity contribution is -0.895. The van der Waals surface area contributed by atoms with E-state index >= 15 is 0 Å². The van der Waals surface area contributed by atoms with Crippen LogP contribution in [0.15, 0.2) is 54.6 Å². The highest BCUT2D eigenvalue weighted by Crippen LogP contribution is 2.26. The zero-order valence-electron chi connectivity index (χ0n) is 19.4. The van der Waals surface area contributed by atoms with E-state index in [0.29, 0.717) is 24.5 Å². The molecule has 0 bridgehead atoms. The van der Waals surface area contributed by atoms with E-state index in [2.05, 4.69) is 5.32 Å². The minimum Gasteiger partial charge on any atom is -0.498 e. The fourth-order valence-corrected chi connectivity index (χ4v) is 4.37. The van der Waals surface area contributed by atoms with E-state index < -0.39 is 17.8 Å². The number of ether oxygens (including phenoxy) is 1. The molecular weight excluding hydrogens is 442 g/mol. The molecule has 2 aromatic carbocycles. The molecule has 8 heteroatoms. The number of hydrogen-bond acceptors (Lipinski definition) is 5. The minimum absolute atomic E-state index is 0.236. The van der Waals surface area contributed by atoms with Crippen molar-refractivity contribution in [3.63, 3.8) is 0 Å². The van der Waals surface area contributed by atoms with Crippen LogP contribution in [0.25, 0.3) is 0 Å². The summed E-state index contributed by atoms with van der Waals surface area (Å²) in [5.41, 5.74) is 1.07. The summed E-state index contributed by atoms with van der Waals surface area (Å²) >= 11 is 6.24. The van der Waals surface area contributed by atoms with Gasteiger partial charge >= 0.3 is 6.09 Å². The fraction of sp³-hybridized carbons (Fsp3) is 0.440. The van der Waals surface area contributed by atoms with Crippen molar-refractivity contribution >= 4 is 29.5 Å². The highest BCUT2D eigenvalue weighted by Gasteiger charge is 2.43. The van der Waals surface area contributed by atoms with E-state index in [4.69, 9.17) is 16.3 Å². The Morgan fingerprint density at radius 2 is 1.82 bits per heavy atom. The third-order valence-corrected chi connectivity index (χ3v) is 6.11. The molecule has 1 fully saturated rings. The van der Waals surface area contributed by atoms with Crippen LogP contribution >= 0.6 is 11.6 Å². The van der Waals surface area contributed by atoms with E-state index in [1.54, 1.807) is 11.0 Å². The predicted octanol–water partition coefficient (Wildman–Crippen LogP) is 4.12. The number of nitrogens with one attached hydrogen (secondary N) is 1. The molecule has 1 saturated heterocycles. The normalized spacial score (nSPS) is 20.8. The SMILES string of the molecule is CC(C)(C)OC(=O)N1CC[N+](Cc2ccccc2)(C(=O)[O-])C[C@H]1CCNc1ccccc1Cl. The van der Waals surface area contributed by atoms with Gasteiger partial charge in [0.2, 0.25) is 0 Å². The second-order valence-corrected chi connectivity index (χ2v) is 9.89. The summed E-state index contributed by atoms with van der Waals surface area (Å²) in [6.07, 6.45) is -1.03. The number of halogens is 1. The van der Waals surface area contributed by atoms with Crippen molar-refractivity contribution in [3.8, 4) is 0 Å². The van der Waals surface area contributed by atoms with Crippen LogP contribution in [0.3, 0.4) is 0 Å². The number of carbonyl (C=O) groups excluding carboxylic acids is 2. The molecule has 1 aliphatic rings. The lowest BCUT2D eigenvalue weighted by Gasteiger charge is -2.48. The number of piperazine rings is 1. The number of rotatable bonds is 6. The van der Waals surface area contributed by atoms with Gasteiger partial charge in [0, 0.05) is 12.1 Å². The molecule has 0 spiro atoms. The van der Waals surface area contributed by atoms with Crippen LogP contribution in [0.5, 0.6) is 0 Å². The topological polar surface area (TPSA) is 81.7 Å². The van der Waals surface area contributed by atoms with Crippen molar-refractivity contribution in [1.82, 2.24) is 4.90 Å². The number of carbonyl (C=O) groups is 2. The van der Waals surface area contributed by atoms with E-state index in [1.165, 1.54) is 0 Å². The van der Waals surface area contributed by atoms with Gasteiger partial charge in [0.15, 0.2) is 0 Å². The van der Waals surface area contributed by atoms with Crippen molar-refractivity contribution in [2.24, 2.45) is 0 Å². The summed E-state index contributed by atoms with van der Waals surface area (Å²) < 4.78 is 5.38. The van der Waals surface area contributed by atoms with Gasteiger partial charge in [-0.25, -0.2) is 4.79 Å². The van der Waals surface area contributed by atoms with Gasteiger partial charge in [-0.05, 0) is 39.3 Å². The highest BCUT2D eigenvalue weighted by atomic mass is 35.5. The third kappa shape index (κ3) is 6.62. The molecule has 2 amide bonds. The number of benzene rings is 2. The molecule has 0 aromatic heterocycles. The van der Waals surface area contributed by atoms with E-state index in [-0.39, 0.29) is 30.2 Å². The van der Waals surface area contributed by atoms with E-state index in [1.807, 2.05) is 69.3 Å². The van der Waals surface area contributed by atoms with Crippen LogP contribution in [0.1, 0.15) is 32.8 Å². The second-order valence-electron chi connectivity index (χ2n) is 9.48. The fourth-order valence-electron chi connectivity index (χ4n) is 4.17. The number of hydrogen-bond donors (Lipinski definition) is 1. The lowest BCUT2D eigenvalue weighted by atomic mass is 10.0. The average Bonchev–Trinajstić information content (AvgIpc) is 2.74. The molecule has 0 saturated carbocycles. The first kappa shape index (κ1) is 24.9. The largest absolute Gasteiger partial charge is 0.498 e. The molecule has 1 unspecified atom stereocenters. The minimum atomic E-state index is -1.13. The number of carboxylic acid groups (broad SMARTS) is 1. The van der Waals surface area contributed by atoms with Crippen molar-refractivity contribution < 1.29 is 23.9 Å². The van der Waals surface area contributed by atoms with E-state index in [9.17, 15) is 14.7 Å². The molecule has 0 radical (unpaired) electrons. The summed E-state index contributed by atoms with van der Waals surface area (Å²) in [4.78, 5) is 27.0. The molecule has 2 atom stereocenters. The Kier molecular flexibility index (Phi) is 7.87. The molecule has 3 rings (SSSR count). The number of para-hydroxylation sites is 1. The first-order valence-electron chi connectivity index (χ1n) is 11.2. The Balaban J connectivity index is 1.79. The second kappa shape index (κ2) is 10.4. The van der Waals surface area contributed by atoms with Crippen molar-refractivity contribution in [3.05, 3.63) is 65.2 Å². The van der Waals surface area contributed by atoms with Crippen LogP contribution in [-0.2, 0) is 11.3 Å². The van der Waals surface area contributed by atoms with Crippen LogP contribution < -0.4 is 10.4 Å². The lowest BCUT2D eigenvalue weighted by Crippen LogP contribution is -2.69. The molecule has 1 N–H and O–H groups in total. The van der Waals surface area contributed by atoms with Gasteiger partial charge in [-0.3, -0.25) is 9.38 Å². The standard InChI is InChI=1S/C25H32ClN3O4/c1-25(2,3)33-23(30)28-15-16-29(24(31)32,17-19-9-5-4-6-10-19)18-20(28)13-14-27-22-12-8-7-11-21(22)26/h4-12,20,27H,13-18H2,1-3H3/t20-,29?/m1/s1. The molecule has 1 aliphatic heterocycles. The van der Waals surface area contributed by atoms with Crippen molar-refractivity contribution in [2.75, 3.05) is 31.5 Å². The van der Waals surface area contributed by atoms with Crippen LogP contribution in [0, 0.1) is 0 Å². The van der Waals surface area contributed by atoms with Gasteiger partial charge < -0.3 is 20.0 Å². The molecule has 7 nitrogen and oxygen atoms in total. The van der Waals surface area contributed by atoms with Gasteiger partial charge in [0.05, 0.1) is 23.3 Å². The Morgan fingerprint density at radius 3 is 2.45 bits per heavy atom. The molecule has 1 heterocycles. The zero-order valence-corrected chi connectivity index (χ0v) is 20.2. The average molecular weight is 474 g/mol. The van der Waals surface area contributed by atoms with Crippen LogP contribution in [-0.4, -0.2) is 59.4 Å². The molecule has 178 valence electrons. The zero-order chi connectivity index (χ0) is 24.1. The van der Waals surface area contributed by atoms with E-state index in [0.717, 1.165) is 11.3 Å². The molecular formula is C25H32ClN3O4. The predicted molar refractivity (Wildman–Crippen MR) is 127 cm³/mol. The van der Waals surface area contributed by atoms with Gasteiger partial charge in [-0.15, -0.1) is 0 Å². The molecule has 0 aliphatic carbocycles. The smallest absolute Gasteiger partial charge is 0.410 e. The van der Waals surface area contributed by atoms with Crippen LogP contribution in [0.4, 0.5) is 15.3 Å². The first-order valence-corrected chi connectivity index (χ1v) is 11.6. The summed E-state index contributed by atoms with van der Waals surface area (Å²) in [5, 5.41) is 16.3. The highest BCUT2D eigenvalue weighted by molar-refractivity contribution is 6.33. The monoisotopic (exact) mass is 473 g/mol. The maximum Gasteiger partial charge on any atom is 0.410 e. The maximum absolute atomic E-state index is 12.9. The summed E-state index contributed by atoms with van der Waals surface area (Å²) in [6, 6.07) is 16.6. The quantitative estimate of drug-likeness (QED) is 0.638. The Morgan fingerprint density at radius 1 is 1.15 bits per heavy atom. The van der Waals surface area contributed by atoms with Gasteiger partial charge in [-0.2, -0.15) is 0 Å². The number of amides is 2. The first-order chi connectivity index (χ1) is 15.6. The molecule has 2 aromatic rings. The van der Waals surface area contributed by atoms with Gasteiger partial charge in [0.25, 0.3) is 6.09 Å². The number of nitrogens with zero attached hydrogens (tertiary/aromatic N) is 2.